The van der Waals surface area contributed by atoms with Gasteiger partial charge in [0, 0.05) is 5.56 Å². The summed E-state index contributed by atoms with van der Waals surface area (Å²) in [5.41, 5.74) is 4.00. The fraction of sp³-hybridized carbons (Fsp3) is 0.0476. The van der Waals surface area contributed by atoms with Gasteiger partial charge in [-0.1, -0.05) is 61.2 Å². The van der Waals surface area contributed by atoms with Gasteiger partial charge in [-0.25, -0.2) is 5.43 Å². The van der Waals surface area contributed by atoms with Crippen LogP contribution >= 0.6 is 0 Å². The minimum absolute atomic E-state index is 0.243. The van der Waals surface area contributed by atoms with Crippen molar-refractivity contribution in [3.8, 4) is 5.75 Å². The number of fused-ring (bicyclic) bond motifs is 1. The van der Waals surface area contributed by atoms with Gasteiger partial charge in [0.2, 0.25) is 0 Å². The quantitative estimate of drug-likeness (QED) is 0.419. The first kappa shape index (κ1) is 16.5. The molecule has 0 saturated heterocycles. The molecule has 0 fully saturated rings. The molecule has 1 amide bonds. The van der Waals surface area contributed by atoms with Crippen molar-refractivity contribution in [1.29, 1.82) is 0 Å². The molecule has 0 unspecified atom stereocenters. The molecular formula is C21H18N2O2. The number of nitrogens with zero attached hydrogens (tertiary/aromatic N) is 1. The van der Waals surface area contributed by atoms with Crippen LogP contribution in [0.1, 0.15) is 15.9 Å². The fourth-order valence-electron chi connectivity index (χ4n) is 2.49. The van der Waals surface area contributed by atoms with E-state index in [1.54, 1.807) is 18.4 Å². The highest BCUT2D eigenvalue weighted by molar-refractivity contribution is 6.07. The van der Waals surface area contributed by atoms with Crippen molar-refractivity contribution in [2.45, 2.75) is 0 Å². The third-order valence-corrected chi connectivity index (χ3v) is 3.64. The van der Waals surface area contributed by atoms with E-state index in [2.05, 4.69) is 17.1 Å². The summed E-state index contributed by atoms with van der Waals surface area (Å²) in [7, 11) is 0. The van der Waals surface area contributed by atoms with Crippen molar-refractivity contribution in [1.82, 2.24) is 5.43 Å². The lowest BCUT2D eigenvalue weighted by atomic mass is 10.0. The maximum absolute atomic E-state index is 12.4. The molecule has 3 rings (SSSR count). The molecule has 0 aromatic heterocycles. The van der Waals surface area contributed by atoms with Crippen LogP contribution in [0.4, 0.5) is 0 Å². The number of hydrazone groups is 1. The Morgan fingerprint density at radius 1 is 1.08 bits per heavy atom. The van der Waals surface area contributed by atoms with Crippen LogP contribution in [0.2, 0.25) is 0 Å². The molecule has 1 N–H and O–H groups in total. The third kappa shape index (κ3) is 4.12. The number of ether oxygens (including phenoxy) is 1. The second kappa shape index (κ2) is 7.93. The van der Waals surface area contributed by atoms with E-state index in [1.807, 2.05) is 60.7 Å². The Bertz CT molecular complexity index is 927. The van der Waals surface area contributed by atoms with Crippen molar-refractivity contribution in [3.05, 3.63) is 90.5 Å². The zero-order valence-corrected chi connectivity index (χ0v) is 13.7. The Labute approximate surface area is 146 Å². The zero-order valence-electron chi connectivity index (χ0n) is 13.7. The topological polar surface area (TPSA) is 50.7 Å². The Morgan fingerprint density at radius 3 is 2.76 bits per heavy atom. The highest BCUT2D eigenvalue weighted by atomic mass is 16.5. The van der Waals surface area contributed by atoms with Crippen LogP contribution in [0.15, 0.2) is 84.5 Å². The van der Waals surface area contributed by atoms with Crippen molar-refractivity contribution in [2.75, 3.05) is 6.61 Å². The number of carbonyl (C=O) groups excluding carboxylic acids is 1. The van der Waals surface area contributed by atoms with Crippen LogP contribution in [0.5, 0.6) is 5.75 Å². The molecule has 3 aromatic carbocycles. The van der Waals surface area contributed by atoms with Gasteiger partial charge in [0.05, 0.1) is 6.21 Å². The molecular weight excluding hydrogens is 312 g/mol. The third-order valence-electron chi connectivity index (χ3n) is 3.64. The molecule has 4 heteroatoms. The van der Waals surface area contributed by atoms with Crippen LogP contribution in [-0.2, 0) is 0 Å². The number of benzene rings is 3. The average molecular weight is 330 g/mol. The SMILES string of the molecule is C=CCOc1cccc(/C=N\NC(=O)c2cccc3ccccc23)c1. The smallest absolute Gasteiger partial charge is 0.271 e. The van der Waals surface area contributed by atoms with E-state index in [-0.39, 0.29) is 5.91 Å². The van der Waals surface area contributed by atoms with Crippen molar-refractivity contribution >= 4 is 22.9 Å². The summed E-state index contributed by atoms with van der Waals surface area (Å²) >= 11 is 0. The van der Waals surface area contributed by atoms with Gasteiger partial charge in [-0.15, -0.1) is 0 Å². The van der Waals surface area contributed by atoms with Gasteiger partial charge in [0.25, 0.3) is 5.91 Å². The van der Waals surface area contributed by atoms with Gasteiger partial charge in [-0.3, -0.25) is 4.79 Å². The molecule has 0 heterocycles. The lowest BCUT2D eigenvalue weighted by molar-refractivity contribution is 0.0957. The number of hydrogen-bond acceptors (Lipinski definition) is 3. The summed E-state index contributed by atoms with van der Waals surface area (Å²) < 4.78 is 5.47. The predicted molar refractivity (Wildman–Crippen MR) is 101 cm³/mol. The molecule has 0 radical (unpaired) electrons. The molecule has 0 aliphatic carbocycles. The molecule has 0 spiro atoms. The predicted octanol–water partition coefficient (Wildman–Crippen LogP) is 4.17. The Balaban J connectivity index is 1.71. The number of carbonyl (C=O) groups is 1. The number of hydrogen-bond donors (Lipinski definition) is 1. The van der Waals surface area contributed by atoms with Gasteiger partial charge in [-0.2, -0.15) is 5.10 Å². The van der Waals surface area contributed by atoms with Gasteiger partial charge >= 0.3 is 0 Å². The first-order valence-electron chi connectivity index (χ1n) is 7.93. The highest BCUT2D eigenvalue weighted by Crippen LogP contribution is 2.18. The summed E-state index contributed by atoms with van der Waals surface area (Å²) in [5.74, 6) is 0.483. The molecule has 3 aromatic rings. The number of nitrogens with one attached hydrogen (secondary N) is 1. The van der Waals surface area contributed by atoms with Crippen molar-refractivity contribution in [3.63, 3.8) is 0 Å². The minimum atomic E-state index is -0.243. The van der Waals surface area contributed by atoms with E-state index in [9.17, 15) is 4.79 Å². The van der Waals surface area contributed by atoms with Gasteiger partial charge < -0.3 is 4.74 Å². The Morgan fingerprint density at radius 2 is 1.88 bits per heavy atom. The molecule has 0 aliphatic rings. The highest BCUT2D eigenvalue weighted by Gasteiger charge is 2.08. The van der Waals surface area contributed by atoms with E-state index < -0.39 is 0 Å². The second-order valence-corrected chi connectivity index (χ2v) is 5.40. The van der Waals surface area contributed by atoms with E-state index in [1.165, 1.54) is 0 Å². The summed E-state index contributed by atoms with van der Waals surface area (Å²) in [6, 6.07) is 20.8. The molecule has 0 bridgehead atoms. The monoisotopic (exact) mass is 330 g/mol. The molecule has 0 atom stereocenters. The normalized spacial score (nSPS) is 10.7. The first-order valence-corrected chi connectivity index (χ1v) is 7.93. The largest absolute Gasteiger partial charge is 0.490 e. The van der Waals surface area contributed by atoms with Gasteiger partial charge in [-0.05, 0) is 34.5 Å². The van der Waals surface area contributed by atoms with E-state index >= 15 is 0 Å². The summed E-state index contributed by atoms with van der Waals surface area (Å²) in [5, 5.41) is 5.97. The molecule has 0 aliphatic heterocycles. The second-order valence-electron chi connectivity index (χ2n) is 5.40. The maximum Gasteiger partial charge on any atom is 0.271 e. The number of rotatable bonds is 6. The minimum Gasteiger partial charge on any atom is -0.490 e. The van der Waals surface area contributed by atoms with E-state index in [0.29, 0.717) is 12.2 Å². The first-order chi connectivity index (χ1) is 12.3. The summed E-state index contributed by atoms with van der Waals surface area (Å²) in [4.78, 5) is 12.4. The fourth-order valence-corrected chi connectivity index (χ4v) is 2.49. The van der Waals surface area contributed by atoms with Crippen molar-refractivity contribution in [2.24, 2.45) is 5.10 Å². The summed E-state index contributed by atoms with van der Waals surface area (Å²) in [6.07, 6.45) is 3.27. The lowest BCUT2D eigenvalue weighted by Crippen LogP contribution is -2.17. The standard InChI is InChI=1S/C21H18N2O2/c1-2-13-25-18-10-5-7-16(14-18)15-22-23-21(24)20-12-6-9-17-8-3-4-11-19(17)20/h2-12,14-15H,1,13H2,(H,23,24)/b22-15-. The van der Waals surface area contributed by atoms with Crippen LogP contribution in [-0.4, -0.2) is 18.7 Å². The Hall–Kier alpha value is -3.40. The molecule has 0 saturated carbocycles. The maximum atomic E-state index is 12.4. The summed E-state index contributed by atoms with van der Waals surface area (Å²) in [6.45, 7) is 4.06. The van der Waals surface area contributed by atoms with Gasteiger partial charge in [0.1, 0.15) is 12.4 Å². The van der Waals surface area contributed by atoms with Crippen LogP contribution in [0.25, 0.3) is 10.8 Å². The van der Waals surface area contributed by atoms with Gasteiger partial charge in [0.15, 0.2) is 0 Å². The average Bonchev–Trinajstić information content (AvgIpc) is 2.66. The molecule has 124 valence electrons. The van der Waals surface area contributed by atoms with Crippen LogP contribution in [0.3, 0.4) is 0 Å². The lowest BCUT2D eigenvalue weighted by Gasteiger charge is -2.05. The van der Waals surface area contributed by atoms with E-state index in [4.69, 9.17) is 4.74 Å². The molecule has 4 nitrogen and oxygen atoms in total. The van der Waals surface area contributed by atoms with Crippen molar-refractivity contribution < 1.29 is 9.53 Å². The zero-order chi connectivity index (χ0) is 17.5. The van der Waals surface area contributed by atoms with E-state index in [0.717, 1.165) is 22.1 Å². The van der Waals surface area contributed by atoms with Crippen LogP contribution in [0, 0.1) is 0 Å². The number of amides is 1. The Kier molecular flexibility index (Phi) is 5.22. The molecule has 25 heavy (non-hydrogen) atoms. The van der Waals surface area contributed by atoms with Crippen LogP contribution < -0.4 is 10.2 Å².